The third-order valence-electron chi connectivity index (χ3n) is 0.329. The van der Waals surface area contributed by atoms with Gasteiger partial charge in [-0.3, -0.25) is 0 Å². The van der Waals surface area contributed by atoms with Crippen LogP contribution in [0.3, 0.4) is 0 Å². The predicted molar refractivity (Wildman–Crippen MR) is 34.9 cm³/mol. The highest BCUT2D eigenvalue weighted by molar-refractivity contribution is 4.94. The lowest BCUT2D eigenvalue weighted by Crippen LogP contribution is -1.33. The molecule has 0 unspecified atom stereocenters. The van der Waals surface area contributed by atoms with E-state index in [0.29, 0.717) is 0 Å². The van der Waals surface area contributed by atoms with Gasteiger partial charge in [-0.15, -0.1) is 12.8 Å². The number of hydrogen-bond donors (Lipinski definition) is 0. The third-order valence-corrected chi connectivity index (χ3v) is 0.329. The van der Waals surface area contributed by atoms with E-state index in [4.69, 9.17) is 0 Å². The molecule has 0 fully saturated rings. The lowest BCUT2D eigenvalue weighted by Gasteiger charge is -1.56. The molecule has 0 N–H and O–H groups in total. The Morgan fingerprint density at radius 3 is 1.86 bits per heavy atom. The van der Waals surface area contributed by atoms with Gasteiger partial charge in [0, 0.05) is 0 Å². The highest BCUT2D eigenvalue weighted by Gasteiger charge is 1.42. The molecule has 0 atom stereocenters. The summed E-state index contributed by atoms with van der Waals surface area (Å²) in [6.07, 6.45) is 13.6. The van der Waals surface area contributed by atoms with Crippen LogP contribution in [0.4, 0.5) is 0 Å². The van der Waals surface area contributed by atoms with Crippen LogP contribution in [0.25, 0.3) is 0 Å². The topological polar surface area (TPSA) is 0 Å². The van der Waals surface area contributed by atoms with Gasteiger partial charge in [-0.05, 0) is 6.92 Å². The van der Waals surface area contributed by atoms with E-state index in [1.807, 2.05) is 19.1 Å². The molecular formula is C7H10. The van der Waals surface area contributed by atoms with E-state index in [2.05, 4.69) is 19.4 Å². The normalized spacial score (nSPS) is 6.71. The van der Waals surface area contributed by atoms with E-state index in [-0.39, 0.29) is 0 Å². The van der Waals surface area contributed by atoms with Crippen LogP contribution in [0, 0.1) is 12.8 Å². The highest BCUT2D eigenvalue weighted by atomic mass is 13.5. The molecule has 0 nitrogen and oxygen atoms in total. The summed E-state index contributed by atoms with van der Waals surface area (Å²) >= 11 is 0. The second kappa shape index (κ2) is 19.8. The molecule has 0 spiro atoms. The van der Waals surface area contributed by atoms with Crippen LogP contribution < -0.4 is 0 Å². The first-order chi connectivity index (χ1) is 3.41. The maximum absolute atomic E-state index is 4.00. The van der Waals surface area contributed by atoms with Crippen molar-refractivity contribution < 1.29 is 0 Å². The monoisotopic (exact) mass is 94.1 g/mol. The van der Waals surface area contributed by atoms with Crippen molar-refractivity contribution >= 4 is 0 Å². The van der Waals surface area contributed by atoms with Gasteiger partial charge in [0.05, 0.1) is 0 Å². The summed E-state index contributed by atoms with van der Waals surface area (Å²) in [6, 6.07) is 0. The molecule has 0 aliphatic carbocycles. The Hall–Kier alpha value is -0.960. The quantitative estimate of drug-likeness (QED) is 0.344. The molecule has 0 amide bonds. The average Bonchev–Trinajstić information content (AvgIpc) is 1.75. The molecule has 0 heteroatoms. The van der Waals surface area contributed by atoms with Crippen molar-refractivity contribution in [3.8, 4) is 12.8 Å². The Labute approximate surface area is 45.6 Å². The predicted octanol–water partition coefficient (Wildman–Crippen LogP) is 2.00. The summed E-state index contributed by atoms with van der Waals surface area (Å²) in [6.45, 7) is 5.42. The molecule has 0 saturated carbocycles. The lowest BCUT2D eigenvalue weighted by atomic mass is 10.5. The SMILES string of the molecule is C#C.C=CC=CC. The van der Waals surface area contributed by atoms with Gasteiger partial charge in [0.1, 0.15) is 0 Å². The Bertz CT molecular complexity index is 65.4. The molecule has 0 aromatic carbocycles. The Morgan fingerprint density at radius 2 is 1.86 bits per heavy atom. The summed E-state index contributed by atoms with van der Waals surface area (Å²) in [4.78, 5) is 0. The van der Waals surface area contributed by atoms with Crippen molar-refractivity contribution in [2.45, 2.75) is 6.92 Å². The van der Waals surface area contributed by atoms with E-state index >= 15 is 0 Å². The van der Waals surface area contributed by atoms with Crippen molar-refractivity contribution in [1.29, 1.82) is 0 Å². The molecule has 0 aromatic rings. The molecule has 0 radical (unpaired) electrons. The molecule has 0 bridgehead atoms. The molecule has 38 valence electrons. The van der Waals surface area contributed by atoms with Crippen LogP contribution in [0.5, 0.6) is 0 Å². The lowest BCUT2D eigenvalue weighted by molar-refractivity contribution is 1.74. The fraction of sp³-hybridized carbons (Fsp3) is 0.143. The molecular weight excluding hydrogens is 84.1 g/mol. The summed E-state index contributed by atoms with van der Waals surface area (Å²) in [7, 11) is 0. The van der Waals surface area contributed by atoms with E-state index in [1.165, 1.54) is 0 Å². The fourth-order valence-corrected chi connectivity index (χ4v) is 0.136. The standard InChI is InChI=1S/C5H8.C2H2/c1-3-5-4-2;1-2/h3-5H,1H2,2H3;1-2H. The fourth-order valence-electron chi connectivity index (χ4n) is 0.136. The van der Waals surface area contributed by atoms with Crippen molar-refractivity contribution in [3.05, 3.63) is 24.8 Å². The van der Waals surface area contributed by atoms with E-state index in [0.717, 1.165) is 0 Å². The maximum Gasteiger partial charge on any atom is -0.0467 e. The molecule has 7 heavy (non-hydrogen) atoms. The smallest absolute Gasteiger partial charge is 0.0467 e. The number of terminal acetylenes is 1. The summed E-state index contributed by atoms with van der Waals surface area (Å²) in [5, 5.41) is 0. The van der Waals surface area contributed by atoms with Crippen LogP contribution >= 0.6 is 0 Å². The second-order valence-electron chi connectivity index (χ2n) is 0.761. The van der Waals surface area contributed by atoms with Crippen molar-refractivity contribution in [1.82, 2.24) is 0 Å². The van der Waals surface area contributed by atoms with Gasteiger partial charge in [0.25, 0.3) is 0 Å². The molecule has 0 rings (SSSR count). The molecule has 0 aromatic heterocycles. The van der Waals surface area contributed by atoms with E-state index in [1.54, 1.807) is 6.08 Å². The highest BCUT2D eigenvalue weighted by Crippen LogP contribution is 1.64. The van der Waals surface area contributed by atoms with Crippen molar-refractivity contribution in [2.24, 2.45) is 0 Å². The average molecular weight is 94.2 g/mol. The van der Waals surface area contributed by atoms with Gasteiger partial charge in [0.15, 0.2) is 0 Å². The third kappa shape index (κ3) is 43.1. The van der Waals surface area contributed by atoms with Crippen molar-refractivity contribution in [2.75, 3.05) is 0 Å². The van der Waals surface area contributed by atoms with Crippen LogP contribution in [-0.2, 0) is 0 Å². The number of rotatable bonds is 1. The maximum atomic E-state index is 4.00. The first-order valence-electron chi connectivity index (χ1n) is 1.99. The molecule has 0 aliphatic rings. The minimum atomic E-state index is 1.75. The van der Waals surface area contributed by atoms with E-state index in [9.17, 15) is 0 Å². The Balaban J connectivity index is 0. The molecule has 0 aliphatic heterocycles. The van der Waals surface area contributed by atoms with Crippen LogP contribution in [0.15, 0.2) is 24.8 Å². The zero-order chi connectivity index (χ0) is 6.12. The molecule has 0 heterocycles. The van der Waals surface area contributed by atoms with E-state index < -0.39 is 0 Å². The van der Waals surface area contributed by atoms with Crippen LogP contribution in [0.2, 0.25) is 0 Å². The summed E-state index contributed by atoms with van der Waals surface area (Å²) in [5.41, 5.74) is 0. The minimum Gasteiger partial charge on any atom is -0.124 e. The molecule has 0 saturated heterocycles. The zero-order valence-corrected chi connectivity index (χ0v) is 4.59. The number of hydrogen-bond acceptors (Lipinski definition) is 0. The second-order valence-corrected chi connectivity index (χ2v) is 0.761. The Morgan fingerprint density at radius 1 is 1.43 bits per heavy atom. The van der Waals surface area contributed by atoms with Gasteiger partial charge in [0.2, 0.25) is 0 Å². The summed E-state index contributed by atoms with van der Waals surface area (Å²) in [5.74, 6) is 0. The minimum absolute atomic E-state index is 1.75. The number of allylic oxidation sites excluding steroid dienone is 3. The largest absolute Gasteiger partial charge is 0.124 e. The van der Waals surface area contributed by atoms with Crippen LogP contribution in [-0.4, -0.2) is 0 Å². The van der Waals surface area contributed by atoms with Gasteiger partial charge < -0.3 is 0 Å². The van der Waals surface area contributed by atoms with Crippen LogP contribution in [0.1, 0.15) is 6.92 Å². The zero-order valence-electron chi connectivity index (χ0n) is 4.59. The van der Waals surface area contributed by atoms with Gasteiger partial charge in [-0.25, -0.2) is 0 Å². The first kappa shape index (κ1) is 9.40. The van der Waals surface area contributed by atoms with Gasteiger partial charge in [-0.1, -0.05) is 24.8 Å². The van der Waals surface area contributed by atoms with Gasteiger partial charge >= 0.3 is 0 Å². The van der Waals surface area contributed by atoms with Gasteiger partial charge in [-0.2, -0.15) is 0 Å². The Kier molecular flexibility index (Phi) is 26.5. The van der Waals surface area contributed by atoms with Crippen molar-refractivity contribution in [3.63, 3.8) is 0 Å². The summed E-state index contributed by atoms with van der Waals surface area (Å²) < 4.78 is 0. The first-order valence-corrected chi connectivity index (χ1v) is 1.99.